The highest BCUT2D eigenvalue weighted by atomic mass is 16.1. The molecule has 106 valence electrons. The fourth-order valence-corrected chi connectivity index (χ4v) is 3.54. The molecule has 2 aliphatic rings. The van der Waals surface area contributed by atoms with E-state index in [-0.39, 0.29) is 6.04 Å². The van der Waals surface area contributed by atoms with Gasteiger partial charge in [-0.1, -0.05) is 24.3 Å². The van der Waals surface area contributed by atoms with Crippen molar-refractivity contribution in [2.24, 2.45) is 11.1 Å². The largest absolute Gasteiger partial charge is 0.337 e. The zero-order valence-electron chi connectivity index (χ0n) is 12.1. The lowest BCUT2D eigenvalue weighted by molar-refractivity contribution is -0.0855. The summed E-state index contributed by atoms with van der Waals surface area (Å²) in [5.41, 5.74) is 8.89. The van der Waals surface area contributed by atoms with Gasteiger partial charge in [0, 0.05) is 31.1 Å². The number of likely N-dealkylation sites (tertiary alicyclic amines) is 1. The molecule has 2 N–H and O–H groups in total. The topological polar surface area (TPSA) is 49.6 Å². The Labute approximate surface area is 121 Å². The van der Waals surface area contributed by atoms with Crippen LogP contribution in [0.5, 0.6) is 0 Å². The zero-order valence-corrected chi connectivity index (χ0v) is 12.1. The van der Waals surface area contributed by atoms with Crippen LogP contribution in [0.4, 0.5) is 0 Å². The SMILES string of the molecule is C[C@H](N)c1ccc(CN2CC3(CN(BC=O)C3)C2)cc1. The molecule has 0 unspecified atom stereocenters. The summed E-state index contributed by atoms with van der Waals surface area (Å²) in [6.07, 6.45) is 1.00. The van der Waals surface area contributed by atoms with Gasteiger partial charge in [0.2, 0.25) is 0 Å². The molecule has 0 saturated carbocycles. The van der Waals surface area contributed by atoms with E-state index in [0.29, 0.717) is 12.8 Å². The second kappa shape index (κ2) is 5.32. The summed E-state index contributed by atoms with van der Waals surface area (Å²) in [6, 6.07) is 8.73. The number of benzene rings is 1. The van der Waals surface area contributed by atoms with Crippen LogP contribution in [-0.4, -0.2) is 49.5 Å². The fraction of sp³-hybridized carbons (Fsp3) is 0.533. The molecular weight excluding hydrogens is 249 g/mol. The van der Waals surface area contributed by atoms with Crippen LogP contribution in [0, 0.1) is 5.41 Å². The summed E-state index contributed by atoms with van der Waals surface area (Å²) in [6.45, 7) is 7.54. The lowest BCUT2D eigenvalue weighted by atomic mass is 9.68. The maximum atomic E-state index is 10.4. The van der Waals surface area contributed by atoms with Crippen LogP contribution in [0.3, 0.4) is 0 Å². The highest BCUT2D eigenvalue weighted by Gasteiger charge is 2.50. The van der Waals surface area contributed by atoms with E-state index in [1.165, 1.54) is 11.1 Å². The second-order valence-electron chi connectivity index (χ2n) is 6.51. The fourth-order valence-electron chi connectivity index (χ4n) is 3.54. The lowest BCUT2D eigenvalue weighted by Crippen LogP contribution is -2.72. The van der Waals surface area contributed by atoms with E-state index in [0.717, 1.165) is 38.9 Å². The molecule has 2 saturated heterocycles. The van der Waals surface area contributed by atoms with Crippen molar-refractivity contribution in [3.05, 3.63) is 35.4 Å². The molecule has 2 heterocycles. The third-order valence-corrected chi connectivity index (χ3v) is 4.48. The van der Waals surface area contributed by atoms with Crippen molar-refractivity contribution >= 4 is 13.6 Å². The van der Waals surface area contributed by atoms with Crippen molar-refractivity contribution in [2.45, 2.75) is 19.5 Å². The monoisotopic (exact) mass is 271 g/mol. The van der Waals surface area contributed by atoms with Gasteiger partial charge in [0.25, 0.3) is 7.41 Å². The Morgan fingerprint density at radius 1 is 1.30 bits per heavy atom. The predicted octanol–water partition coefficient (Wildman–Crippen LogP) is 0.366. The van der Waals surface area contributed by atoms with E-state index >= 15 is 0 Å². The van der Waals surface area contributed by atoms with E-state index in [2.05, 4.69) is 34.0 Å². The number of hydrogen-bond donors (Lipinski definition) is 1. The third kappa shape index (κ3) is 2.66. The smallest absolute Gasteiger partial charge is 0.281 e. The van der Waals surface area contributed by atoms with Crippen molar-refractivity contribution in [1.82, 2.24) is 9.71 Å². The van der Waals surface area contributed by atoms with Crippen molar-refractivity contribution in [3.63, 3.8) is 0 Å². The van der Waals surface area contributed by atoms with E-state index in [4.69, 9.17) is 5.73 Å². The molecule has 1 atom stereocenters. The van der Waals surface area contributed by atoms with Crippen molar-refractivity contribution < 1.29 is 4.79 Å². The number of rotatable bonds is 5. The van der Waals surface area contributed by atoms with Crippen molar-refractivity contribution in [3.8, 4) is 0 Å². The van der Waals surface area contributed by atoms with Crippen LogP contribution in [0.15, 0.2) is 24.3 Å². The van der Waals surface area contributed by atoms with Gasteiger partial charge in [0.15, 0.2) is 0 Å². The number of carbonyl (C=O) groups excluding carboxylic acids is 1. The highest BCUT2D eigenvalue weighted by molar-refractivity contribution is 6.64. The van der Waals surface area contributed by atoms with E-state index in [9.17, 15) is 4.79 Å². The molecule has 3 rings (SSSR count). The van der Waals surface area contributed by atoms with Crippen molar-refractivity contribution in [1.29, 1.82) is 0 Å². The molecule has 0 aromatic heterocycles. The standard InChI is InChI=1S/C15H22BN3O/c1-12(17)14-4-2-13(3-5-14)6-18-7-15(8-18)9-19(10-15)16-11-20/h2-5,11-12,16H,6-10,17H2,1H3/t12-/m0/s1. The molecule has 5 heteroatoms. The molecule has 0 aliphatic carbocycles. The quantitative estimate of drug-likeness (QED) is 0.621. The molecule has 1 spiro atoms. The number of nitrogens with zero attached hydrogens (tertiary/aromatic N) is 2. The van der Waals surface area contributed by atoms with E-state index < -0.39 is 0 Å². The van der Waals surface area contributed by atoms with E-state index in [1.54, 1.807) is 0 Å². The molecule has 4 nitrogen and oxygen atoms in total. The van der Waals surface area contributed by atoms with Gasteiger partial charge >= 0.3 is 0 Å². The molecule has 2 fully saturated rings. The van der Waals surface area contributed by atoms with E-state index in [1.807, 2.05) is 6.92 Å². The Bertz CT molecular complexity index is 474. The molecule has 0 amide bonds. The molecule has 1 aromatic rings. The Balaban J connectivity index is 1.46. The first-order chi connectivity index (χ1) is 9.60. The van der Waals surface area contributed by atoms with Crippen molar-refractivity contribution in [2.75, 3.05) is 26.2 Å². The van der Waals surface area contributed by atoms with Gasteiger partial charge in [0.05, 0.1) is 6.19 Å². The number of carbonyl (C=O) groups is 1. The lowest BCUT2D eigenvalue weighted by Gasteiger charge is -2.60. The van der Waals surface area contributed by atoms with Crippen LogP contribution in [0.2, 0.25) is 0 Å². The van der Waals surface area contributed by atoms with Crippen LogP contribution >= 0.6 is 0 Å². The number of nitrogens with two attached hydrogens (primary N) is 1. The summed E-state index contributed by atoms with van der Waals surface area (Å²) in [5, 5.41) is 0. The first-order valence-electron chi connectivity index (χ1n) is 7.33. The maximum Gasteiger partial charge on any atom is 0.281 e. The van der Waals surface area contributed by atoms with Gasteiger partial charge in [-0.2, -0.15) is 0 Å². The summed E-state index contributed by atoms with van der Waals surface area (Å²) >= 11 is 0. The van der Waals surface area contributed by atoms with Crippen LogP contribution in [0.1, 0.15) is 24.1 Å². The Morgan fingerprint density at radius 2 is 1.95 bits per heavy atom. The van der Waals surface area contributed by atoms with Gasteiger partial charge in [-0.25, -0.2) is 0 Å². The van der Waals surface area contributed by atoms with Gasteiger partial charge in [0.1, 0.15) is 0 Å². The molecular formula is C15H22BN3O. The van der Waals surface area contributed by atoms with Gasteiger partial charge < -0.3 is 15.3 Å². The molecule has 20 heavy (non-hydrogen) atoms. The number of hydrogen-bond acceptors (Lipinski definition) is 4. The zero-order chi connectivity index (χ0) is 14.2. The minimum absolute atomic E-state index is 0.107. The van der Waals surface area contributed by atoms with Gasteiger partial charge in [-0.15, -0.1) is 0 Å². The summed E-state index contributed by atoms with van der Waals surface area (Å²) in [5.74, 6) is 0. The van der Waals surface area contributed by atoms with Crippen LogP contribution in [-0.2, 0) is 11.3 Å². The molecule has 2 aliphatic heterocycles. The summed E-state index contributed by atoms with van der Waals surface area (Å²) in [4.78, 5) is 15.2. The average molecular weight is 271 g/mol. The normalized spacial score (nSPS) is 22.9. The summed E-state index contributed by atoms with van der Waals surface area (Å²) < 4.78 is 0. The second-order valence-corrected chi connectivity index (χ2v) is 6.51. The Morgan fingerprint density at radius 3 is 2.50 bits per heavy atom. The Hall–Kier alpha value is -1.17. The summed E-state index contributed by atoms with van der Waals surface area (Å²) in [7, 11) is 0.598. The minimum Gasteiger partial charge on any atom is -0.337 e. The Kier molecular flexibility index (Phi) is 3.67. The molecule has 0 bridgehead atoms. The molecule has 1 aromatic carbocycles. The maximum absolute atomic E-state index is 10.4. The highest BCUT2D eigenvalue weighted by Crippen LogP contribution is 2.39. The minimum atomic E-state index is 0.107. The van der Waals surface area contributed by atoms with Crippen LogP contribution < -0.4 is 5.73 Å². The van der Waals surface area contributed by atoms with Gasteiger partial charge in [-0.3, -0.25) is 4.90 Å². The predicted molar refractivity (Wildman–Crippen MR) is 82.2 cm³/mol. The first-order valence-corrected chi connectivity index (χ1v) is 7.33. The van der Waals surface area contributed by atoms with Crippen LogP contribution in [0.25, 0.3) is 0 Å². The van der Waals surface area contributed by atoms with Gasteiger partial charge in [-0.05, 0) is 31.1 Å². The first kappa shape index (κ1) is 13.8. The third-order valence-electron chi connectivity index (χ3n) is 4.48. The average Bonchev–Trinajstić information content (AvgIpc) is 2.34. The molecule has 0 radical (unpaired) electrons.